The fourth-order valence-electron chi connectivity index (χ4n) is 3.57. The monoisotopic (exact) mass is 462 g/mol. The number of fused-ring (bicyclic) bond motifs is 1. The quantitative estimate of drug-likeness (QED) is 0.553. The number of aromatic nitrogens is 3. The molecule has 0 fully saturated rings. The Morgan fingerprint density at radius 2 is 2.04 bits per heavy atom. The SMILES string of the molecule is Cc1oc(C)c(C(=O)Nc2ccc(Cl)c(-c3nnc4n3CCCCC4)c2)c1Br. The minimum Gasteiger partial charge on any atom is -0.465 e. The summed E-state index contributed by atoms with van der Waals surface area (Å²) in [6.45, 7) is 4.46. The lowest BCUT2D eigenvalue weighted by atomic mass is 10.1. The molecule has 4 rings (SSSR count). The van der Waals surface area contributed by atoms with Crippen LogP contribution in [0.5, 0.6) is 0 Å². The fourth-order valence-corrected chi connectivity index (χ4v) is 4.31. The van der Waals surface area contributed by atoms with Crippen LogP contribution in [0, 0.1) is 13.8 Å². The Labute approximate surface area is 176 Å². The number of aryl methyl sites for hydroxylation is 3. The molecule has 3 aromatic rings. The number of hydrogen-bond acceptors (Lipinski definition) is 4. The third-order valence-electron chi connectivity index (χ3n) is 4.99. The van der Waals surface area contributed by atoms with Gasteiger partial charge in [0.05, 0.1) is 15.1 Å². The number of nitrogens with one attached hydrogen (secondary N) is 1. The van der Waals surface area contributed by atoms with Crippen LogP contribution in [0.4, 0.5) is 5.69 Å². The van der Waals surface area contributed by atoms with Gasteiger partial charge in [-0.15, -0.1) is 10.2 Å². The summed E-state index contributed by atoms with van der Waals surface area (Å²) in [5, 5.41) is 12.2. The van der Waals surface area contributed by atoms with Gasteiger partial charge < -0.3 is 14.3 Å². The molecule has 6 nitrogen and oxygen atoms in total. The zero-order valence-electron chi connectivity index (χ0n) is 15.7. The van der Waals surface area contributed by atoms with Crippen LogP contribution in [0.1, 0.15) is 47.0 Å². The first-order valence-electron chi connectivity index (χ1n) is 9.24. The Balaban J connectivity index is 1.67. The van der Waals surface area contributed by atoms with Gasteiger partial charge in [0.2, 0.25) is 0 Å². The Morgan fingerprint density at radius 3 is 2.79 bits per heavy atom. The molecule has 3 heterocycles. The minimum atomic E-state index is -0.241. The highest BCUT2D eigenvalue weighted by Crippen LogP contribution is 2.32. The topological polar surface area (TPSA) is 73.0 Å². The van der Waals surface area contributed by atoms with Crippen molar-refractivity contribution in [3.8, 4) is 11.4 Å². The van der Waals surface area contributed by atoms with Gasteiger partial charge in [-0.05, 0) is 60.8 Å². The number of benzene rings is 1. The molecular formula is C20H20BrClN4O2. The van der Waals surface area contributed by atoms with Crippen molar-refractivity contribution in [1.82, 2.24) is 14.8 Å². The van der Waals surface area contributed by atoms with Crippen molar-refractivity contribution in [2.24, 2.45) is 0 Å². The van der Waals surface area contributed by atoms with Crippen LogP contribution in [0.25, 0.3) is 11.4 Å². The van der Waals surface area contributed by atoms with Gasteiger partial charge in [0, 0.05) is 24.2 Å². The summed E-state index contributed by atoms with van der Waals surface area (Å²) in [4.78, 5) is 12.8. The Bertz CT molecular complexity index is 1060. The molecule has 2 aromatic heterocycles. The number of anilines is 1. The van der Waals surface area contributed by atoms with Gasteiger partial charge in [0.15, 0.2) is 5.82 Å². The molecule has 28 heavy (non-hydrogen) atoms. The number of carbonyl (C=O) groups is 1. The van der Waals surface area contributed by atoms with Crippen LogP contribution in [0.15, 0.2) is 27.1 Å². The summed E-state index contributed by atoms with van der Waals surface area (Å²) in [6.07, 6.45) is 4.33. The van der Waals surface area contributed by atoms with E-state index in [-0.39, 0.29) is 5.91 Å². The van der Waals surface area contributed by atoms with E-state index in [1.54, 1.807) is 19.1 Å². The molecule has 0 radical (unpaired) electrons. The highest BCUT2D eigenvalue weighted by molar-refractivity contribution is 9.10. The van der Waals surface area contributed by atoms with E-state index in [0.717, 1.165) is 43.0 Å². The smallest absolute Gasteiger partial charge is 0.260 e. The van der Waals surface area contributed by atoms with E-state index < -0.39 is 0 Å². The van der Waals surface area contributed by atoms with Crippen LogP contribution >= 0.6 is 27.5 Å². The second kappa shape index (κ2) is 7.72. The summed E-state index contributed by atoms with van der Waals surface area (Å²) in [5.41, 5.74) is 1.89. The van der Waals surface area contributed by atoms with Gasteiger partial charge in [-0.3, -0.25) is 4.79 Å². The number of carbonyl (C=O) groups excluding carboxylic acids is 1. The van der Waals surface area contributed by atoms with Crippen molar-refractivity contribution < 1.29 is 9.21 Å². The molecule has 8 heteroatoms. The third kappa shape index (κ3) is 3.49. The molecule has 1 aliphatic rings. The number of rotatable bonds is 3. The summed E-state index contributed by atoms with van der Waals surface area (Å²) in [6, 6.07) is 5.39. The maximum absolute atomic E-state index is 12.8. The van der Waals surface area contributed by atoms with Crippen LogP contribution in [-0.4, -0.2) is 20.7 Å². The molecule has 0 spiro atoms. The number of nitrogens with zero attached hydrogens (tertiary/aromatic N) is 3. The van der Waals surface area contributed by atoms with E-state index in [2.05, 4.69) is 36.0 Å². The number of hydrogen-bond donors (Lipinski definition) is 1. The lowest BCUT2D eigenvalue weighted by Crippen LogP contribution is -2.13. The normalized spacial score (nSPS) is 13.9. The largest absolute Gasteiger partial charge is 0.465 e. The second-order valence-electron chi connectivity index (χ2n) is 6.95. The molecule has 0 aliphatic carbocycles. The van der Waals surface area contributed by atoms with Gasteiger partial charge in [0.25, 0.3) is 5.91 Å². The fraction of sp³-hybridized carbons (Fsp3) is 0.350. The Hall–Kier alpha value is -2.12. The lowest BCUT2D eigenvalue weighted by Gasteiger charge is -2.11. The van der Waals surface area contributed by atoms with Crippen LogP contribution in [0.3, 0.4) is 0 Å². The van der Waals surface area contributed by atoms with Crippen molar-refractivity contribution in [2.75, 3.05) is 5.32 Å². The molecule has 1 aliphatic heterocycles. The molecule has 1 aromatic carbocycles. The summed E-state index contributed by atoms with van der Waals surface area (Å²) < 4.78 is 8.33. The van der Waals surface area contributed by atoms with Crippen molar-refractivity contribution >= 4 is 39.1 Å². The number of furan rings is 1. The van der Waals surface area contributed by atoms with Crippen molar-refractivity contribution in [2.45, 2.75) is 46.1 Å². The van der Waals surface area contributed by atoms with Gasteiger partial charge >= 0.3 is 0 Å². The first kappa shape index (κ1) is 19.2. The van der Waals surface area contributed by atoms with Crippen LogP contribution < -0.4 is 5.32 Å². The Morgan fingerprint density at radius 1 is 1.21 bits per heavy atom. The maximum Gasteiger partial charge on any atom is 0.260 e. The lowest BCUT2D eigenvalue weighted by molar-refractivity contribution is 0.102. The average molecular weight is 464 g/mol. The van der Waals surface area contributed by atoms with Gasteiger partial charge in [-0.1, -0.05) is 18.0 Å². The molecule has 0 atom stereocenters. The minimum absolute atomic E-state index is 0.241. The van der Waals surface area contributed by atoms with Gasteiger partial charge in [-0.25, -0.2) is 0 Å². The first-order valence-corrected chi connectivity index (χ1v) is 10.4. The highest BCUT2D eigenvalue weighted by Gasteiger charge is 2.22. The predicted molar refractivity (Wildman–Crippen MR) is 112 cm³/mol. The van der Waals surface area contributed by atoms with E-state index in [9.17, 15) is 4.79 Å². The molecule has 1 amide bonds. The molecule has 146 valence electrons. The molecule has 0 saturated carbocycles. The van der Waals surface area contributed by atoms with Gasteiger partial charge in [-0.2, -0.15) is 0 Å². The summed E-state index contributed by atoms with van der Waals surface area (Å²) in [5.74, 6) is 2.74. The standard InChI is InChI=1S/C20H20BrClN4O2/c1-11-17(18(21)12(2)28-11)20(27)23-13-7-8-15(22)14(10-13)19-25-24-16-6-4-3-5-9-26(16)19/h7-8,10H,3-6,9H2,1-2H3,(H,23,27). The summed E-state index contributed by atoms with van der Waals surface area (Å²) in [7, 11) is 0. The zero-order chi connectivity index (χ0) is 19.8. The van der Waals surface area contributed by atoms with Crippen LogP contribution in [-0.2, 0) is 13.0 Å². The first-order chi connectivity index (χ1) is 13.5. The molecular weight excluding hydrogens is 444 g/mol. The highest BCUT2D eigenvalue weighted by atomic mass is 79.9. The predicted octanol–water partition coefficient (Wildman–Crippen LogP) is 5.55. The van der Waals surface area contributed by atoms with E-state index in [4.69, 9.17) is 16.0 Å². The van der Waals surface area contributed by atoms with Crippen LogP contribution in [0.2, 0.25) is 5.02 Å². The Kier molecular flexibility index (Phi) is 5.29. The summed E-state index contributed by atoms with van der Waals surface area (Å²) >= 11 is 9.89. The molecule has 1 N–H and O–H groups in total. The number of halogens is 2. The zero-order valence-corrected chi connectivity index (χ0v) is 18.0. The second-order valence-corrected chi connectivity index (χ2v) is 8.15. The van der Waals surface area contributed by atoms with E-state index in [1.807, 2.05) is 13.0 Å². The van der Waals surface area contributed by atoms with Crippen molar-refractivity contribution in [1.29, 1.82) is 0 Å². The molecule has 0 unspecified atom stereocenters. The van der Waals surface area contributed by atoms with Crippen molar-refractivity contribution in [3.63, 3.8) is 0 Å². The molecule has 0 saturated heterocycles. The van der Waals surface area contributed by atoms with E-state index >= 15 is 0 Å². The average Bonchev–Trinajstić information content (AvgIpc) is 3.06. The van der Waals surface area contributed by atoms with Crippen molar-refractivity contribution in [3.05, 3.63) is 50.6 Å². The molecule has 0 bridgehead atoms. The number of amides is 1. The third-order valence-corrected chi connectivity index (χ3v) is 6.27. The van der Waals surface area contributed by atoms with Gasteiger partial charge in [0.1, 0.15) is 17.3 Å². The van der Waals surface area contributed by atoms with E-state index in [0.29, 0.717) is 32.3 Å². The van der Waals surface area contributed by atoms with E-state index in [1.165, 1.54) is 6.42 Å². The maximum atomic E-state index is 12.8.